The van der Waals surface area contributed by atoms with Crippen molar-refractivity contribution >= 4 is 23.0 Å². The van der Waals surface area contributed by atoms with Crippen LogP contribution in [0.5, 0.6) is 0 Å². The molecule has 1 heterocycles. The Kier molecular flexibility index (Phi) is 5.18. The van der Waals surface area contributed by atoms with Crippen molar-refractivity contribution in [2.45, 2.75) is 18.9 Å². The van der Waals surface area contributed by atoms with Gasteiger partial charge in [0.1, 0.15) is 5.69 Å². The summed E-state index contributed by atoms with van der Waals surface area (Å²) in [6, 6.07) is 14.5. The topological polar surface area (TPSA) is 83.3 Å². The number of anilines is 1. The van der Waals surface area contributed by atoms with Gasteiger partial charge in [0, 0.05) is 19.3 Å². The third kappa shape index (κ3) is 4.17. The lowest BCUT2D eigenvalue weighted by Gasteiger charge is -2.24. The molecule has 1 aliphatic rings. The molecule has 0 unspecified atom stereocenters. The molecule has 0 spiro atoms. The van der Waals surface area contributed by atoms with Crippen LogP contribution in [0.2, 0.25) is 0 Å². The lowest BCUT2D eigenvalue weighted by molar-refractivity contribution is 0.0697. The molecule has 2 N–H and O–H groups in total. The largest absolute Gasteiger partial charge is 0.478 e. The van der Waals surface area contributed by atoms with Crippen molar-refractivity contribution in [3.63, 3.8) is 0 Å². The highest BCUT2D eigenvalue weighted by atomic mass is 16.5. The SMILES string of the molecule is O=C(O)c1ccc(N=Nc2ccccc2NC2CCOCC2)cc1. The average molecular weight is 325 g/mol. The molecule has 0 atom stereocenters. The molecular weight excluding hydrogens is 306 g/mol. The number of rotatable bonds is 5. The molecule has 0 aromatic heterocycles. The van der Waals surface area contributed by atoms with Gasteiger partial charge in [-0.15, -0.1) is 5.11 Å². The van der Waals surface area contributed by atoms with Crippen LogP contribution in [0, 0.1) is 0 Å². The third-order valence-electron chi connectivity index (χ3n) is 3.87. The standard InChI is InChI=1S/C18H19N3O3/c22-18(23)13-5-7-15(8-6-13)20-21-17-4-2-1-3-16(17)19-14-9-11-24-12-10-14/h1-8,14,19H,9-12H2,(H,22,23). The van der Waals surface area contributed by atoms with E-state index in [-0.39, 0.29) is 5.56 Å². The maximum absolute atomic E-state index is 10.9. The summed E-state index contributed by atoms with van der Waals surface area (Å²) < 4.78 is 5.38. The first-order valence-corrected chi connectivity index (χ1v) is 7.91. The van der Waals surface area contributed by atoms with E-state index in [1.165, 1.54) is 12.1 Å². The summed E-state index contributed by atoms with van der Waals surface area (Å²) >= 11 is 0. The predicted octanol–water partition coefficient (Wildman–Crippen LogP) is 4.39. The van der Waals surface area contributed by atoms with Gasteiger partial charge in [-0.1, -0.05) is 12.1 Å². The fourth-order valence-electron chi connectivity index (χ4n) is 2.53. The molecule has 3 rings (SSSR count). The van der Waals surface area contributed by atoms with Crippen molar-refractivity contribution in [2.24, 2.45) is 10.2 Å². The molecule has 1 aliphatic heterocycles. The highest BCUT2D eigenvalue weighted by molar-refractivity contribution is 5.87. The Bertz CT molecular complexity index is 723. The minimum absolute atomic E-state index is 0.232. The highest BCUT2D eigenvalue weighted by Crippen LogP contribution is 2.28. The first-order chi connectivity index (χ1) is 11.7. The van der Waals surface area contributed by atoms with Gasteiger partial charge in [0.05, 0.1) is 16.9 Å². The van der Waals surface area contributed by atoms with Crippen LogP contribution in [0.4, 0.5) is 17.1 Å². The molecule has 6 nitrogen and oxygen atoms in total. The predicted molar refractivity (Wildman–Crippen MR) is 91.5 cm³/mol. The summed E-state index contributed by atoms with van der Waals surface area (Å²) in [6.45, 7) is 1.55. The number of ether oxygens (including phenoxy) is 1. The summed E-state index contributed by atoms with van der Waals surface area (Å²) in [5, 5.41) is 20.9. The van der Waals surface area contributed by atoms with Crippen molar-refractivity contribution in [1.29, 1.82) is 0 Å². The van der Waals surface area contributed by atoms with E-state index in [1.807, 2.05) is 24.3 Å². The second kappa shape index (κ2) is 7.70. The maximum atomic E-state index is 10.9. The molecular formula is C18H19N3O3. The Morgan fingerprint density at radius 2 is 1.75 bits per heavy atom. The molecule has 0 amide bonds. The van der Waals surface area contributed by atoms with Crippen LogP contribution in [0.15, 0.2) is 58.8 Å². The number of carboxylic acid groups (broad SMARTS) is 1. The van der Waals surface area contributed by atoms with Crippen LogP contribution in [0.25, 0.3) is 0 Å². The second-order valence-electron chi connectivity index (χ2n) is 5.60. The number of nitrogens with one attached hydrogen (secondary N) is 1. The van der Waals surface area contributed by atoms with Crippen molar-refractivity contribution in [3.8, 4) is 0 Å². The number of benzene rings is 2. The van der Waals surface area contributed by atoms with Gasteiger partial charge in [-0.3, -0.25) is 0 Å². The summed E-state index contributed by atoms with van der Waals surface area (Å²) in [4.78, 5) is 10.9. The van der Waals surface area contributed by atoms with Gasteiger partial charge in [-0.2, -0.15) is 5.11 Å². The van der Waals surface area contributed by atoms with Crippen molar-refractivity contribution in [3.05, 3.63) is 54.1 Å². The van der Waals surface area contributed by atoms with E-state index in [0.29, 0.717) is 11.7 Å². The van der Waals surface area contributed by atoms with Gasteiger partial charge in [0.2, 0.25) is 0 Å². The van der Waals surface area contributed by atoms with Gasteiger partial charge in [-0.25, -0.2) is 4.79 Å². The number of hydrogen-bond donors (Lipinski definition) is 2. The molecule has 0 bridgehead atoms. The van der Waals surface area contributed by atoms with E-state index in [0.717, 1.165) is 37.4 Å². The normalized spacial score (nSPS) is 15.5. The van der Waals surface area contributed by atoms with E-state index in [1.54, 1.807) is 12.1 Å². The molecule has 6 heteroatoms. The number of carbonyl (C=O) groups is 1. The number of hydrogen-bond acceptors (Lipinski definition) is 5. The fraction of sp³-hybridized carbons (Fsp3) is 0.278. The number of nitrogens with zero attached hydrogens (tertiary/aromatic N) is 2. The van der Waals surface area contributed by atoms with Gasteiger partial charge >= 0.3 is 5.97 Å². The van der Waals surface area contributed by atoms with Crippen molar-refractivity contribution < 1.29 is 14.6 Å². The van der Waals surface area contributed by atoms with Gasteiger partial charge in [-0.05, 0) is 49.2 Å². The Morgan fingerprint density at radius 1 is 1.04 bits per heavy atom. The maximum Gasteiger partial charge on any atom is 0.335 e. The molecule has 0 saturated carbocycles. The van der Waals surface area contributed by atoms with Gasteiger partial charge < -0.3 is 15.2 Å². The van der Waals surface area contributed by atoms with Crippen LogP contribution in [0.1, 0.15) is 23.2 Å². The Labute approximate surface area is 140 Å². The summed E-state index contributed by atoms with van der Waals surface area (Å²) in [6.07, 6.45) is 1.95. The summed E-state index contributed by atoms with van der Waals surface area (Å²) in [7, 11) is 0. The monoisotopic (exact) mass is 325 g/mol. The lowest BCUT2D eigenvalue weighted by atomic mass is 10.1. The number of carboxylic acids is 1. The van der Waals surface area contributed by atoms with Gasteiger partial charge in [0.15, 0.2) is 0 Å². The molecule has 0 aliphatic carbocycles. The number of aromatic carboxylic acids is 1. The zero-order chi connectivity index (χ0) is 16.8. The van der Waals surface area contributed by atoms with Crippen LogP contribution in [0.3, 0.4) is 0 Å². The Balaban J connectivity index is 1.73. The van der Waals surface area contributed by atoms with Crippen LogP contribution in [-0.2, 0) is 4.74 Å². The zero-order valence-corrected chi connectivity index (χ0v) is 13.2. The molecule has 1 saturated heterocycles. The molecule has 124 valence electrons. The van der Waals surface area contributed by atoms with Gasteiger partial charge in [0.25, 0.3) is 0 Å². The van der Waals surface area contributed by atoms with Crippen LogP contribution in [-0.4, -0.2) is 30.3 Å². The molecule has 1 fully saturated rings. The minimum atomic E-state index is -0.954. The van der Waals surface area contributed by atoms with E-state index >= 15 is 0 Å². The minimum Gasteiger partial charge on any atom is -0.478 e. The van der Waals surface area contributed by atoms with E-state index in [2.05, 4.69) is 15.5 Å². The first-order valence-electron chi connectivity index (χ1n) is 7.91. The lowest BCUT2D eigenvalue weighted by Crippen LogP contribution is -2.27. The molecule has 2 aromatic rings. The Morgan fingerprint density at radius 3 is 2.46 bits per heavy atom. The Hall–Kier alpha value is -2.73. The second-order valence-corrected chi connectivity index (χ2v) is 5.60. The summed E-state index contributed by atoms with van der Waals surface area (Å²) in [5.41, 5.74) is 2.54. The summed E-state index contributed by atoms with van der Waals surface area (Å²) in [5.74, 6) is -0.954. The number of para-hydroxylation sites is 1. The molecule has 24 heavy (non-hydrogen) atoms. The molecule has 0 radical (unpaired) electrons. The van der Waals surface area contributed by atoms with Crippen molar-refractivity contribution in [1.82, 2.24) is 0 Å². The van der Waals surface area contributed by atoms with E-state index < -0.39 is 5.97 Å². The van der Waals surface area contributed by atoms with E-state index in [4.69, 9.17) is 9.84 Å². The highest BCUT2D eigenvalue weighted by Gasteiger charge is 2.14. The quantitative estimate of drug-likeness (QED) is 0.799. The number of azo groups is 1. The zero-order valence-electron chi connectivity index (χ0n) is 13.2. The van der Waals surface area contributed by atoms with Crippen molar-refractivity contribution in [2.75, 3.05) is 18.5 Å². The average Bonchev–Trinajstić information content (AvgIpc) is 2.62. The van der Waals surface area contributed by atoms with E-state index in [9.17, 15) is 4.79 Å². The molecule has 2 aromatic carbocycles. The first kappa shape index (κ1) is 16.1. The van der Waals surface area contributed by atoms with Crippen LogP contribution < -0.4 is 5.32 Å². The van der Waals surface area contributed by atoms with Crippen LogP contribution >= 0.6 is 0 Å². The third-order valence-corrected chi connectivity index (χ3v) is 3.87. The fourth-order valence-corrected chi connectivity index (χ4v) is 2.53. The smallest absolute Gasteiger partial charge is 0.335 e.